The number of thiazole rings is 1. The fourth-order valence-electron chi connectivity index (χ4n) is 3.19. The number of rotatable bonds is 4. The van der Waals surface area contributed by atoms with E-state index in [4.69, 9.17) is 4.52 Å². The van der Waals surface area contributed by atoms with E-state index in [1.165, 1.54) is 17.7 Å². The number of aryl methyl sites for hydroxylation is 1. The Morgan fingerprint density at radius 3 is 2.83 bits per heavy atom. The molecule has 8 heteroatoms. The minimum absolute atomic E-state index is 0.0309. The summed E-state index contributed by atoms with van der Waals surface area (Å²) in [5.74, 6) is 3.25. The van der Waals surface area contributed by atoms with Crippen LogP contribution in [0.3, 0.4) is 0 Å². The number of amides is 2. The van der Waals surface area contributed by atoms with Gasteiger partial charge in [-0.2, -0.15) is 4.98 Å². The highest BCUT2D eigenvalue weighted by Crippen LogP contribution is 2.45. The van der Waals surface area contributed by atoms with Crippen LogP contribution in [0.15, 0.2) is 10.0 Å². The van der Waals surface area contributed by atoms with Gasteiger partial charge in [-0.25, -0.2) is 9.78 Å². The van der Waals surface area contributed by atoms with Crippen LogP contribution in [-0.4, -0.2) is 39.1 Å². The minimum Gasteiger partial charge on any atom is -0.340 e. The third-order valence-corrected chi connectivity index (χ3v) is 5.70. The Hall–Kier alpha value is -1.96. The van der Waals surface area contributed by atoms with Gasteiger partial charge in [0, 0.05) is 26.4 Å². The first-order valence-electron chi connectivity index (χ1n) is 8.47. The predicted octanol–water partition coefficient (Wildman–Crippen LogP) is 3.20. The largest absolute Gasteiger partial charge is 0.340 e. The number of urea groups is 1. The average Bonchev–Trinajstić information content (AvgIpc) is 3.19. The lowest BCUT2D eigenvalue weighted by Crippen LogP contribution is -2.41. The number of hydrogen-bond donors (Lipinski definition) is 1. The standard InChI is InChI=1S/C16H21N5O2S/c1-10-18-13(20-23-10)8-11-4-6-21(7-5-11)16(22)19-15-14(12-2-3-12)24-9-17-15/h9,11-12H,2-8H2,1H3,(H,19,22). The molecule has 2 aliphatic rings. The van der Waals surface area contributed by atoms with Gasteiger partial charge in [-0.3, -0.25) is 5.32 Å². The highest BCUT2D eigenvalue weighted by molar-refractivity contribution is 7.10. The second kappa shape index (κ2) is 6.51. The molecule has 7 nitrogen and oxygen atoms in total. The number of nitrogens with one attached hydrogen (secondary N) is 1. The van der Waals surface area contributed by atoms with Crippen molar-refractivity contribution in [3.8, 4) is 0 Å². The summed E-state index contributed by atoms with van der Waals surface area (Å²) in [5, 5.41) is 6.96. The molecule has 128 valence electrons. The van der Waals surface area contributed by atoms with E-state index in [2.05, 4.69) is 20.4 Å². The number of carbonyl (C=O) groups is 1. The minimum atomic E-state index is -0.0309. The molecule has 1 aliphatic carbocycles. The van der Waals surface area contributed by atoms with E-state index in [9.17, 15) is 4.79 Å². The van der Waals surface area contributed by atoms with Crippen molar-refractivity contribution >= 4 is 23.2 Å². The Kier molecular flexibility index (Phi) is 4.22. The number of hydrogen-bond acceptors (Lipinski definition) is 6. The van der Waals surface area contributed by atoms with Crippen molar-refractivity contribution in [2.45, 2.75) is 44.9 Å². The lowest BCUT2D eigenvalue weighted by atomic mass is 9.93. The van der Waals surface area contributed by atoms with Crippen LogP contribution in [0.25, 0.3) is 0 Å². The average molecular weight is 347 g/mol. The Morgan fingerprint density at radius 2 is 2.17 bits per heavy atom. The summed E-state index contributed by atoms with van der Waals surface area (Å²) in [6, 6.07) is -0.0309. The summed E-state index contributed by atoms with van der Waals surface area (Å²) in [5.41, 5.74) is 1.82. The quantitative estimate of drug-likeness (QED) is 0.918. The van der Waals surface area contributed by atoms with Gasteiger partial charge < -0.3 is 9.42 Å². The lowest BCUT2D eigenvalue weighted by Gasteiger charge is -2.31. The van der Waals surface area contributed by atoms with Gasteiger partial charge in [0.1, 0.15) is 5.82 Å². The van der Waals surface area contributed by atoms with E-state index < -0.39 is 0 Å². The van der Waals surface area contributed by atoms with Crippen molar-refractivity contribution in [1.82, 2.24) is 20.0 Å². The Bertz CT molecular complexity index is 716. The Morgan fingerprint density at radius 1 is 1.38 bits per heavy atom. The van der Waals surface area contributed by atoms with Gasteiger partial charge >= 0.3 is 6.03 Å². The van der Waals surface area contributed by atoms with Gasteiger partial charge in [-0.1, -0.05) is 5.16 Å². The molecular formula is C16H21N5O2S. The van der Waals surface area contributed by atoms with Crippen molar-refractivity contribution in [2.75, 3.05) is 18.4 Å². The zero-order chi connectivity index (χ0) is 16.5. The molecule has 1 saturated heterocycles. The van der Waals surface area contributed by atoms with Crippen LogP contribution >= 0.6 is 11.3 Å². The number of aromatic nitrogens is 3. The van der Waals surface area contributed by atoms with Crippen LogP contribution < -0.4 is 5.32 Å². The maximum Gasteiger partial charge on any atom is 0.323 e. The zero-order valence-corrected chi connectivity index (χ0v) is 14.5. The van der Waals surface area contributed by atoms with Crippen LogP contribution in [0.5, 0.6) is 0 Å². The van der Waals surface area contributed by atoms with Gasteiger partial charge in [-0.05, 0) is 37.5 Å². The summed E-state index contributed by atoms with van der Waals surface area (Å²) in [4.78, 5) is 24.2. The van der Waals surface area contributed by atoms with Crippen LogP contribution in [0.1, 0.15) is 48.2 Å². The molecule has 1 aliphatic heterocycles. The molecule has 2 amide bonds. The molecule has 0 radical (unpaired) electrons. The van der Waals surface area contributed by atoms with Gasteiger partial charge in [0.05, 0.1) is 10.4 Å². The maximum absolute atomic E-state index is 12.5. The predicted molar refractivity (Wildman–Crippen MR) is 90.1 cm³/mol. The van der Waals surface area contributed by atoms with Gasteiger partial charge in [0.25, 0.3) is 0 Å². The molecule has 2 aromatic rings. The Labute approximate surface area is 144 Å². The summed E-state index contributed by atoms with van der Waals surface area (Å²) in [6.45, 7) is 3.32. The second-order valence-corrected chi connectivity index (χ2v) is 7.52. The first-order chi connectivity index (χ1) is 11.7. The third-order valence-electron chi connectivity index (χ3n) is 4.71. The number of carbonyl (C=O) groups excluding carboxylic acids is 1. The zero-order valence-electron chi connectivity index (χ0n) is 13.7. The molecule has 1 N–H and O–H groups in total. The van der Waals surface area contributed by atoms with Crippen molar-refractivity contribution < 1.29 is 9.32 Å². The molecule has 3 heterocycles. The smallest absolute Gasteiger partial charge is 0.323 e. The molecule has 0 atom stereocenters. The lowest BCUT2D eigenvalue weighted by molar-refractivity contribution is 0.181. The maximum atomic E-state index is 12.5. The second-order valence-electron chi connectivity index (χ2n) is 6.63. The number of anilines is 1. The molecule has 1 saturated carbocycles. The van der Waals surface area contributed by atoms with Crippen LogP contribution in [0.4, 0.5) is 10.6 Å². The molecular weight excluding hydrogens is 326 g/mol. The normalized spacial score (nSPS) is 18.8. The SMILES string of the molecule is Cc1nc(CC2CCN(C(=O)Nc3ncsc3C3CC3)CC2)no1. The first kappa shape index (κ1) is 15.6. The summed E-state index contributed by atoms with van der Waals surface area (Å²) in [7, 11) is 0. The molecule has 0 aromatic carbocycles. The van der Waals surface area contributed by atoms with Crippen molar-refractivity contribution in [2.24, 2.45) is 5.92 Å². The van der Waals surface area contributed by atoms with Crippen molar-refractivity contribution in [3.05, 3.63) is 22.1 Å². The summed E-state index contributed by atoms with van der Waals surface area (Å²) in [6.07, 6.45) is 5.18. The molecule has 24 heavy (non-hydrogen) atoms. The molecule has 2 aromatic heterocycles. The fourth-order valence-corrected chi connectivity index (χ4v) is 4.10. The van der Waals surface area contributed by atoms with Crippen LogP contribution in [0.2, 0.25) is 0 Å². The number of nitrogens with zero attached hydrogens (tertiary/aromatic N) is 4. The van der Waals surface area contributed by atoms with Crippen LogP contribution in [0, 0.1) is 12.8 Å². The van der Waals surface area contributed by atoms with E-state index in [-0.39, 0.29) is 6.03 Å². The molecule has 0 spiro atoms. The highest BCUT2D eigenvalue weighted by atomic mass is 32.1. The monoisotopic (exact) mass is 347 g/mol. The van der Waals surface area contributed by atoms with Gasteiger partial charge in [0.15, 0.2) is 5.82 Å². The van der Waals surface area contributed by atoms with Crippen molar-refractivity contribution in [1.29, 1.82) is 0 Å². The molecule has 2 fully saturated rings. The first-order valence-corrected chi connectivity index (χ1v) is 9.35. The Balaban J connectivity index is 1.29. The van der Waals surface area contributed by atoms with E-state index in [0.29, 0.717) is 17.7 Å². The summed E-state index contributed by atoms with van der Waals surface area (Å²) >= 11 is 1.65. The molecule has 4 rings (SSSR count). The fraction of sp³-hybridized carbons (Fsp3) is 0.625. The topological polar surface area (TPSA) is 84.2 Å². The van der Waals surface area contributed by atoms with E-state index in [1.54, 1.807) is 18.3 Å². The molecule has 0 unspecified atom stereocenters. The van der Waals surface area contributed by atoms with Gasteiger partial charge in [-0.15, -0.1) is 11.3 Å². The van der Waals surface area contributed by atoms with E-state index >= 15 is 0 Å². The van der Waals surface area contributed by atoms with Crippen molar-refractivity contribution in [3.63, 3.8) is 0 Å². The number of likely N-dealkylation sites (tertiary alicyclic amines) is 1. The summed E-state index contributed by atoms with van der Waals surface area (Å²) < 4.78 is 5.02. The highest BCUT2D eigenvalue weighted by Gasteiger charge is 2.30. The van der Waals surface area contributed by atoms with Gasteiger partial charge in [0.2, 0.25) is 5.89 Å². The third kappa shape index (κ3) is 3.43. The van der Waals surface area contributed by atoms with Crippen LogP contribution in [-0.2, 0) is 6.42 Å². The van der Waals surface area contributed by atoms with E-state index in [1.807, 2.05) is 10.4 Å². The molecule has 0 bridgehead atoms. The number of piperidine rings is 1. The van der Waals surface area contributed by atoms with E-state index in [0.717, 1.165) is 44.0 Å².